The Morgan fingerprint density at radius 3 is 2.58 bits per heavy atom. The van der Waals surface area contributed by atoms with Crippen molar-refractivity contribution in [3.8, 4) is 5.75 Å². The van der Waals surface area contributed by atoms with Crippen molar-refractivity contribution in [1.82, 2.24) is 10.3 Å². The third-order valence-electron chi connectivity index (χ3n) is 4.86. The average Bonchev–Trinajstić information content (AvgIpc) is 2.75. The fraction of sp³-hybridized carbons (Fsp3) is 0.238. The molecule has 1 aromatic carbocycles. The number of carbonyl (C=O) groups excluding carboxylic acids is 2. The van der Waals surface area contributed by atoms with Crippen molar-refractivity contribution in [1.29, 1.82) is 0 Å². The van der Waals surface area contributed by atoms with Gasteiger partial charge in [0.1, 0.15) is 22.8 Å². The second-order valence-corrected chi connectivity index (χ2v) is 7.09. The first-order valence-electron chi connectivity index (χ1n) is 9.23. The van der Waals surface area contributed by atoms with E-state index in [1.54, 1.807) is 12.1 Å². The first kappa shape index (κ1) is 21.8. The quantitative estimate of drug-likeness (QED) is 0.179. The first-order chi connectivity index (χ1) is 14.7. The van der Waals surface area contributed by atoms with Crippen molar-refractivity contribution in [3.63, 3.8) is 0 Å². The SMILES string of the molecule is CNC(=O)/C(C=O)=C(\O)c1ncc(Cc2ccc(F)cc2)c2c1NC[C@@](C)(C(=O)O)O2. The van der Waals surface area contributed by atoms with Gasteiger partial charge in [-0.05, 0) is 24.6 Å². The summed E-state index contributed by atoms with van der Waals surface area (Å²) in [7, 11) is 1.30. The molecule has 0 fully saturated rings. The van der Waals surface area contributed by atoms with Crippen molar-refractivity contribution >= 4 is 29.6 Å². The fourth-order valence-electron chi connectivity index (χ4n) is 3.06. The Balaban J connectivity index is 2.16. The molecule has 0 saturated carbocycles. The van der Waals surface area contributed by atoms with E-state index in [0.29, 0.717) is 11.1 Å². The standard InChI is InChI=1S/C21H20FN3O6/c1-21(20(29)30)10-25-16-15(17(27)14(9-26)19(28)23-2)24-8-12(18(16)31-21)7-11-3-5-13(22)6-4-11/h3-6,8-9,25,27H,7,10H2,1-2H3,(H,23,28)(H,29,30)/b17-14-/t21-/m0/s1. The number of aromatic nitrogens is 1. The highest BCUT2D eigenvalue weighted by atomic mass is 19.1. The summed E-state index contributed by atoms with van der Waals surface area (Å²) < 4.78 is 19.0. The van der Waals surface area contributed by atoms with Crippen molar-refractivity contribution in [2.45, 2.75) is 18.9 Å². The van der Waals surface area contributed by atoms with E-state index < -0.39 is 34.6 Å². The average molecular weight is 429 g/mol. The molecule has 1 atom stereocenters. The number of nitrogens with one attached hydrogen (secondary N) is 2. The van der Waals surface area contributed by atoms with E-state index in [9.17, 15) is 29.0 Å². The monoisotopic (exact) mass is 429 g/mol. The number of halogens is 1. The van der Waals surface area contributed by atoms with Crippen LogP contribution in [0.25, 0.3) is 5.76 Å². The highest BCUT2D eigenvalue weighted by molar-refractivity contribution is 6.16. The van der Waals surface area contributed by atoms with Gasteiger partial charge in [0.2, 0.25) is 5.60 Å². The maximum Gasteiger partial charge on any atom is 0.349 e. The van der Waals surface area contributed by atoms with Gasteiger partial charge in [0.25, 0.3) is 5.91 Å². The lowest BCUT2D eigenvalue weighted by atomic mass is 9.99. The molecule has 1 aliphatic rings. The molecule has 4 N–H and O–H groups in total. The maximum absolute atomic E-state index is 13.2. The van der Waals surface area contributed by atoms with Crippen LogP contribution in [0.4, 0.5) is 10.1 Å². The summed E-state index contributed by atoms with van der Waals surface area (Å²) in [5.74, 6) is -3.02. The fourth-order valence-corrected chi connectivity index (χ4v) is 3.06. The minimum atomic E-state index is -1.61. The molecular weight excluding hydrogens is 409 g/mol. The lowest BCUT2D eigenvalue weighted by Gasteiger charge is -2.35. The molecule has 0 bridgehead atoms. The molecule has 10 heteroatoms. The van der Waals surface area contributed by atoms with Gasteiger partial charge in [-0.2, -0.15) is 0 Å². The van der Waals surface area contributed by atoms with E-state index in [1.807, 2.05) is 0 Å². The number of likely N-dealkylation sites (N-methyl/N-ethyl adjacent to an activating group) is 1. The summed E-state index contributed by atoms with van der Waals surface area (Å²) in [4.78, 5) is 39.1. The topological polar surface area (TPSA) is 138 Å². The van der Waals surface area contributed by atoms with Gasteiger partial charge >= 0.3 is 5.97 Å². The van der Waals surface area contributed by atoms with Crippen LogP contribution in [0.15, 0.2) is 36.0 Å². The van der Waals surface area contributed by atoms with Gasteiger partial charge in [0, 0.05) is 25.2 Å². The summed E-state index contributed by atoms with van der Waals surface area (Å²) in [5, 5.41) is 25.3. The van der Waals surface area contributed by atoms with Gasteiger partial charge in [-0.1, -0.05) is 12.1 Å². The summed E-state index contributed by atoms with van der Waals surface area (Å²) in [6.45, 7) is 1.22. The van der Waals surface area contributed by atoms with Gasteiger partial charge < -0.3 is 25.6 Å². The molecule has 31 heavy (non-hydrogen) atoms. The van der Waals surface area contributed by atoms with Crippen LogP contribution in [0, 0.1) is 5.82 Å². The van der Waals surface area contributed by atoms with Crippen LogP contribution in [-0.4, -0.2) is 52.6 Å². The Kier molecular flexibility index (Phi) is 5.91. The van der Waals surface area contributed by atoms with E-state index >= 15 is 0 Å². The number of amides is 1. The van der Waals surface area contributed by atoms with Crippen molar-refractivity contribution < 1.29 is 33.7 Å². The minimum absolute atomic E-state index is 0.0965. The van der Waals surface area contributed by atoms with Crippen molar-refractivity contribution in [2.24, 2.45) is 0 Å². The number of aliphatic hydroxyl groups is 1. The Labute approximate surface area is 176 Å². The maximum atomic E-state index is 13.2. The van der Waals surface area contributed by atoms with Gasteiger partial charge in [-0.25, -0.2) is 9.18 Å². The van der Waals surface area contributed by atoms with E-state index in [1.165, 1.54) is 32.3 Å². The van der Waals surface area contributed by atoms with E-state index in [4.69, 9.17) is 4.74 Å². The third-order valence-corrected chi connectivity index (χ3v) is 4.86. The number of fused-ring (bicyclic) bond motifs is 1. The molecular formula is C21H20FN3O6. The summed E-state index contributed by atoms with van der Waals surface area (Å²) in [5.41, 5.74) is -0.989. The molecule has 0 unspecified atom stereocenters. The van der Waals surface area contributed by atoms with Crippen LogP contribution < -0.4 is 15.4 Å². The Hall–Kier alpha value is -3.95. The number of hydrogen-bond acceptors (Lipinski definition) is 7. The number of anilines is 1. The molecule has 1 aromatic heterocycles. The molecule has 0 saturated heterocycles. The number of aliphatic hydroxyl groups excluding tert-OH is 1. The number of hydrogen-bond donors (Lipinski definition) is 4. The predicted molar refractivity (Wildman–Crippen MR) is 108 cm³/mol. The number of rotatable bonds is 6. The van der Waals surface area contributed by atoms with Crippen LogP contribution in [-0.2, 0) is 20.8 Å². The molecule has 1 aliphatic heterocycles. The highest BCUT2D eigenvalue weighted by Gasteiger charge is 2.41. The lowest BCUT2D eigenvalue weighted by Crippen LogP contribution is -2.50. The molecule has 9 nitrogen and oxygen atoms in total. The van der Waals surface area contributed by atoms with E-state index in [-0.39, 0.29) is 36.4 Å². The second kappa shape index (κ2) is 8.42. The number of carboxylic acid groups (broad SMARTS) is 1. The number of benzene rings is 1. The lowest BCUT2D eigenvalue weighted by molar-refractivity contribution is -0.153. The highest BCUT2D eigenvalue weighted by Crippen LogP contribution is 2.41. The van der Waals surface area contributed by atoms with Crippen molar-refractivity contribution in [3.05, 3.63) is 58.7 Å². The van der Waals surface area contributed by atoms with Crippen LogP contribution in [0.2, 0.25) is 0 Å². The minimum Gasteiger partial charge on any atom is -0.505 e. The number of pyridine rings is 1. The van der Waals surface area contributed by atoms with Crippen LogP contribution >= 0.6 is 0 Å². The summed E-state index contributed by atoms with van der Waals surface area (Å²) >= 11 is 0. The zero-order valence-electron chi connectivity index (χ0n) is 16.7. The number of aldehydes is 1. The van der Waals surface area contributed by atoms with Crippen LogP contribution in [0.5, 0.6) is 5.75 Å². The van der Waals surface area contributed by atoms with E-state index in [0.717, 1.165) is 0 Å². The number of aliphatic carboxylic acids is 1. The molecule has 1 amide bonds. The Morgan fingerprint density at radius 2 is 2.00 bits per heavy atom. The number of carbonyl (C=O) groups is 3. The summed E-state index contributed by atoms with van der Waals surface area (Å²) in [6, 6.07) is 5.71. The number of nitrogens with zero attached hydrogens (tertiary/aromatic N) is 1. The molecule has 2 heterocycles. The van der Waals surface area contributed by atoms with Gasteiger partial charge in [0.05, 0.1) is 6.54 Å². The number of carboxylic acids is 1. The first-order valence-corrected chi connectivity index (χ1v) is 9.23. The Morgan fingerprint density at radius 1 is 1.32 bits per heavy atom. The molecule has 0 aliphatic carbocycles. The Bertz CT molecular complexity index is 1080. The normalized spacial score (nSPS) is 18.0. The van der Waals surface area contributed by atoms with E-state index in [2.05, 4.69) is 15.6 Å². The molecule has 0 spiro atoms. The zero-order chi connectivity index (χ0) is 22.8. The predicted octanol–water partition coefficient (Wildman–Crippen LogP) is 1.67. The van der Waals surface area contributed by atoms with Crippen molar-refractivity contribution in [2.75, 3.05) is 18.9 Å². The van der Waals surface area contributed by atoms with Gasteiger partial charge in [-0.3, -0.25) is 14.6 Å². The molecule has 3 rings (SSSR count). The van der Waals surface area contributed by atoms with Gasteiger partial charge in [0.15, 0.2) is 17.8 Å². The van der Waals surface area contributed by atoms with Gasteiger partial charge in [-0.15, -0.1) is 0 Å². The third kappa shape index (κ3) is 4.18. The largest absolute Gasteiger partial charge is 0.505 e. The molecule has 0 radical (unpaired) electrons. The summed E-state index contributed by atoms with van der Waals surface area (Å²) in [6.07, 6.45) is 1.77. The van der Waals surface area contributed by atoms with Crippen LogP contribution in [0.3, 0.4) is 0 Å². The smallest absolute Gasteiger partial charge is 0.349 e. The number of ether oxygens (including phenoxy) is 1. The molecule has 162 valence electrons. The van der Waals surface area contributed by atoms with Crippen LogP contribution in [0.1, 0.15) is 23.7 Å². The second-order valence-electron chi connectivity index (χ2n) is 7.09. The molecule has 2 aromatic rings. The zero-order valence-corrected chi connectivity index (χ0v) is 16.7.